The van der Waals surface area contributed by atoms with Gasteiger partial charge in [0.05, 0.1) is 11.4 Å². The van der Waals surface area contributed by atoms with Gasteiger partial charge < -0.3 is 15.1 Å². The molecule has 2 aromatic carbocycles. The van der Waals surface area contributed by atoms with Crippen molar-refractivity contribution in [2.45, 2.75) is 6.18 Å². The number of piperazine rings is 1. The van der Waals surface area contributed by atoms with Crippen molar-refractivity contribution in [2.75, 3.05) is 36.4 Å². The first-order chi connectivity index (χ1) is 14.6. The summed E-state index contributed by atoms with van der Waals surface area (Å²) < 4.78 is 38.0. The van der Waals surface area contributed by atoms with Crippen LogP contribution >= 0.6 is 23.8 Å². The van der Waals surface area contributed by atoms with Gasteiger partial charge in [-0.1, -0.05) is 29.8 Å². The quantitative estimate of drug-likeness (QED) is 0.670. The number of nitrogens with zero attached hydrogens (tertiary/aromatic N) is 2. The molecule has 3 rings (SSSR count). The number of carbonyl (C=O) groups is 2. The number of benzene rings is 2. The summed E-state index contributed by atoms with van der Waals surface area (Å²) in [6, 6.07) is 13.5. The number of anilines is 2. The summed E-state index contributed by atoms with van der Waals surface area (Å²) in [5.41, 5.74) is 1.56. The van der Waals surface area contributed by atoms with Crippen molar-refractivity contribution in [1.82, 2.24) is 10.2 Å². The summed E-state index contributed by atoms with van der Waals surface area (Å²) in [7, 11) is 0. The average Bonchev–Trinajstić information content (AvgIpc) is 2.73. The summed E-state index contributed by atoms with van der Waals surface area (Å²) in [5, 5.41) is 5.95. The first-order valence-electron chi connectivity index (χ1n) is 9.23. The van der Waals surface area contributed by atoms with Gasteiger partial charge in [0.1, 0.15) is 0 Å². The van der Waals surface area contributed by atoms with Gasteiger partial charge in [0.25, 0.3) is 5.91 Å². The van der Waals surface area contributed by atoms with Gasteiger partial charge in [0.2, 0.25) is 0 Å². The lowest BCUT2D eigenvalue weighted by Gasteiger charge is -2.37. The van der Waals surface area contributed by atoms with Crippen molar-refractivity contribution >= 4 is 52.1 Å². The van der Waals surface area contributed by atoms with E-state index < -0.39 is 12.1 Å². The van der Waals surface area contributed by atoms with Gasteiger partial charge in [-0.15, -0.1) is 0 Å². The SMILES string of the molecule is O=C(NC(=S)Nc1cc(Cl)ccc1N1CCN(C(=O)C(F)(F)F)CC1)c1ccccc1. The molecule has 0 radical (unpaired) electrons. The van der Waals surface area contributed by atoms with Crippen molar-refractivity contribution in [3.8, 4) is 0 Å². The van der Waals surface area contributed by atoms with E-state index in [9.17, 15) is 22.8 Å². The van der Waals surface area contributed by atoms with Crippen LogP contribution in [-0.4, -0.2) is 54.2 Å². The third-order valence-corrected chi connectivity index (χ3v) is 5.06. The molecule has 0 bridgehead atoms. The fourth-order valence-electron chi connectivity index (χ4n) is 3.13. The molecule has 1 heterocycles. The number of alkyl halides is 3. The lowest BCUT2D eigenvalue weighted by molar-refractivity contribution is -0.185. The van der Waals surface area contributed by atoms with E-state index in [1.54, 1.807) is 48.5 Å². The summed E-state index contributed by atoms with van der Waals surface area (Å²) in [6.07, 6.45) is -4.89. The molecule has 0 unspecified atom stereocenters. The van der Waals surface area contributed by atoms with Crippen molar-refractivity contribution < 1.29 is 22.8 Å². The molecule has 0 aromatic heterocycles. The molecular formula is C20H18ClF3N4O2S. The van der Waals surface area contributed by atoms with Gasteiger partial charge >= 0.3 is 12.1 Å². The molecule has 1 fully saturated rings. The smallest absolute Gasteiger partial charge is 0.366 e. The fraction of sp³-hybridized carbons (Fsp3) is 0.250. The highest BCUT2D eigenvalue weighted by Gasteiger charge is 2.43. The van der Waals surface area contributed by atoms with Crippen molar-refractivity contribution in [1.29, 1.82) is 0 Å². The van der Waals surface area contributed by atoms with Gasteiger partial charge in [0, 0.05) is 36.8 Å². The average molecular weight is 471 g/mol. The molecule has 0 atom stereocenters. The van der Waals surface area contributed by atoms with E-state index in [-0.39, 0.29) is 37.2 Å². The van der Waals surface area contributed by atoms with Crippen LogP contribution < -0.4 is 15.5 Å². The zero-order valence-electron chi connectivity index (χ0n) is 16.1. The van der Waals surface area contributed by atoms with Crippen LogP contribution in [0.15, 0.2) is 48.5 Å². The van der Waals surface area contributed by atoms with E-state index in [4.69, 9.17) is 23.8 Å². The van der Waals surface area contributed by atoms with Crippen LogP contribution in [0.4, 0.5) is 24.5 Å². The number of halogens is 4. The molecule has 1 aliphatic heterocycles. The van der Waals surface area contributed by atoms with Gasteiger partial charge in [-0.05, 0) is 42.5 Å². The van der Waals surface area contributed by atoms with E-state index in [2.05, 4.69) is 10.6 Å². The topological polar surface area (TPSA) is 64.7 Å². The Labute approximate surface area is 187 Å². The highest BCUT2D eigenvalue weighted by molar-refractivity contribution is 7.80. The van der Waals surface area contributed by atoms with Crippen LogP contribution in [0.2, 0.25) is 5.02 Å². The minimum atomic E-state index is -4.89. The van der Waals surface area contributed by atoms with Gasteiger partial charge in [-0.25, -0.2) is 0 Å². The lowest BCUT2D eigenvalue weighted by Crippen LogP contribution is -2.52. The van der Waals surface area contributed by atoms with E-state index in [1.807, 2.05) is 4.90 Å². The Kier molecular flexibility index (Phi) is 7.01. The van der Waals surface area contributed by atoms with Gasteiger partial charge in [0.15, 0.2) is 5.11 Å². The second-order valence-electron chi connectivity index (χ2n) is 6.71. The molecule has 1 saturated heterocycles. The lowest BCUT2D eigenvalue weighted by atomic mass is 10.2. The van der Waals surface area contributed by atoms with Crippen molar-refractivity contribution in [2.24, 2.45) is 0 Å². The zero-order valence-corrected chi connectivity index (χ0v) is 17.7. The van der Waals surface area contributed by atoms with Crippen LogP contribution in [0, 0.1) is 0 Å². The van der Waals surface area contributed by atoms with Crippen LogP contribution in [-0.2, 0) is 4.79 Å². The number of rotatable bonds is 3. The molecule has 6 nitrogen and oxygen atoms in total. The monoisotopic (exact) mass is 470 g/mol. The normalized spacial score (nSPS) is 14.2. The Bertz CT molecular complexity index is 980. The number of carbonyl (C=O) groups excluding carboxylic acids is 2. The highest BCUT2D eigenvalue weighted by Crippen LogP contribution is 2.30. The molecule has 0 aliphatic carbocycles. The van der Waals surface area contributed by atoms with Crippen molar-refractivity contribution in [3.05, 3.63) is 59.1 Å². The van der Waals surface area contributed by atoms with E-state index >= 15 is 0 Å². The van der Waals surface area contributed by atoms with Gasteiger partial charge in [-0.2, -0.15) is 13.2 Å². The number of hydrogen-bond donors (Lipinski definition) is 2. The maximum Gasteiger partial charge on any atom is 0.471 e. The summed E-state index contributed by atoms with van der Waals surface area (Å²) in [5.74, 6) is -2.23. The molecule has 31 heavy (non-hydrogen) atoms. The Morgan fingerprint density at radius 3 is 2.26 bits per heavy atom. The highest BCUT2D eigenvalue weighted by atomic mass is 35.5. The maximum absolute atomic E-state index is 12.7. The molecule has 2 aromatic rings. The minimum absolute atomic E-state index is 0.0447. The number of amides is 2. The summed E-state index contributed by atoms with van der Waals surface area (Å²) >= 11 is 11.3. The van der Waals surface area contributed by atoms with Crippen molar-refractivity contribution in [3.63, 3.8) is 0 Å². The molecule has 2 amide bonds. The zero-order chi connectivity index (χ0) is 22.6. The molecule has 0 spiro atoms. The van der Waals surface area contributed by atoms with Crippen LogP contribution in [0.1, 0.15) is 10.4 Å². The third-order valence-electron chi connectivity index (χ3n) is 4.62. The second kappa shape index (κ2) is 9.52. The number of hydrogen-bond acceptors (Lipinski definition) is 4. The molecule has 2 N–H and O–H groups in total. The Hall–Kier alpha value is -2.85. The van der Waals surface area contributed by atoms with Crippen LogP contribution in [0.3, 0.4) is 0 Å². The fourth-order valence-corrected chi connectivity index (χ4v) is 3.51. The number of thiocarbonyl (C=S) groups is 1. The van der Waals surface area contributed by atoms with E-state index in [0.717, 1.165) is 4.90 Å². The van der Waals surface area contributed by atoms with Crippen LogP contribution in [0.25, 0.3) is 0 Å². The molecule has 1 aliphatic rings. The predicted octanol–water partition coefficient (Wildman–Crippen LogP) is 3.68. The summed E-state index contributed by atoms with van der Waals surface area (Å²) in [4.78, 5) is 26.3. The second-order valence-corrected chi connectivity index (χ2v) is 7.56. The molecule has 0 saturated carbocycles. The Morgan fingerprint density at radius 1 is 1.00 bits per heavy atom. The molecule has 164 valence electrons. The minimum Gasteiger partial charge on any atom is -0.366 e. The largest absolute Gasteiger partial charge is 0.471 e. The Balaban J connectivity index is 1.68. The number of nitrogens with one attached hydrogen (secondary N) is 2. The Morgan fingerprint density at radius 2 is 1.65 bits per heavy atom. The van der Waals surface area contributed by atoms with E-state index in [0.29, 0.717) is 22.0 Å². The third kappa shape index (κ3) is 5.86. The predicted molar refractivity (Wildman–Crippen MR) is 116 cm³/mol. The first-order valence-corrected chi connectivity index (χ1v) is 10.0. The molecule has 11 heteroatoms. The molecular weight excluding hydrogens is 453 g/mol. The maximum atomic E-state index is 12.7. The first kappa shape index (κ1) is 22.8. The van der Waals surface area contributed by atoms with Gasteiger partial charge in [-0.3, -0.25) is 14.9 Å². The van der Waals surface area contributed by atoms with Crippen LogP contribution in [0.5, 0.6) is 0 Å². The summed E-state index contributed by atoms with van der Waals surface area (Å²) in [6.45, 7) is 0.244. The standard InChI is InChI=1S/C20H18ClF3N4O2S/c21-14-6-7-16(27-8-10-28(11-9-27)18(30)20(22,23)24)15(12-14)25-19(31)26-17(29)13-4-2-1-3-5-13/h1-7,12H,8-11H2,(H2,25,26,29,31). The van der Waals surface area contributed by atoms with E-state index in [1.165, 1.54) is 0 Å².